The van der Waals surface area contributed by atoms with Crippen LogP contribution in [-0.4, -0.2) is 22.6 Å². The minimum Gasteiger partial charge on any atom is -0.474 e. The maximum absolute atomic E-state index is 14.6. The second-order valence-corrected chi connectivity index (χ2v) is 8.33. The van der Waals surface area contributed by atoms with Crippen LogP contribution in [0.15, 0.2) is 35.4 Å². The van der Waals surface area contributed by atoms with Gasteiger partial charge in [0, 0.05) is 23.1 Å². The number of thioether (sulfide) groups is 1. The molecule has 0 bridgehead atoms. The second-order valence-electron chi connectivity index (χ2n) is 7.19. The number of nitrogens with zero attached hydrogens (tertiary/aromatic N) is 1. The van der Waals surface area contributed by atoms with E-state index in [2.05, 4.69) is 4.98 Å². The number of Topliss-reactive ketones (excluding diaryl/α,β-unsaturated/α-hetero) is 1. The Bertz CT molecular complexity index is 803. The molecular weight excluding hydrogens is 361 g/mol. The smallest absolute Gasteiger partial charge is 0.221 e. The highest BCUT2D eigenvalue weighted by molar-refractivity contribution is 7.99. The molecule has 0 N–H and O–H groups in total. The summed E-state index contributed by atoms with van der Waals surface area (Å²) < 4.78 is 20.7. The van der Waals surface area contributed by atoms with Gasteiger partial charge in [-0.15, -0.1) is 11.8 Å². The molecular formula is C22H26FNO2S. The number of rotatable bonds is 8. The highest BCUT2D eigenvalue weighted by atomic mass is 32.2. The largest absolute Gasteiger partial charge is 0.474 e. The quantitative estimate of drug-likeness (QED) is 0.413. The summed E-state index contributed by atoms with van der Waals surface area (Å²) in [6.45, 7) is 3.56. The van der Waals surface area contributed by atoms with Gasteiger partial charge < -0.3 is 9.53 Å². The van der Waals surface area contributed by atoms with Crippen LogP contribution in [0.2, 0.25) is 0 Å². The van der Waals surface area contributed by atoms with E-state index in [1.807, 2.05) is 25.1 Å². The standard InChI is InChI=1S/C22H26FNO2S/c1-15-12-19(22(24-14-15)26-18-7-3-4-8-18)17-9-10-21(20(23)13-17)27-11-5-6-16(2)25/h9-10,12-14,18H,3-8,11H2,1-2H3. The van der Waals surface area contributed by atoms with Crippen molar-refractivity contribution in [2.45, 2.75) is 63.4 Å². The summed E-state index contributed by atoms with van der Waals surface area (Å²) in [6.07, 6.45) is 7.81. The van der Waals surface area contributed by atoms with Crippen LogP contribution in [-0.2, 0) is 4.79 Å². The number of aryl methyl sites for hydroxylation is 1. The SMILES string of the molecule is CC(=O)CCCSc1ccc(-c2cc(C)cnc2OC2CCCC2)cc1F. The van der Waals surface area contributed by atoms with Crippen LogP contribution in [0.5, 0.6) is 5.88 Å². The average molecular weight is 388 g/mol. The molecule has 1 saturated carbocycles. The van der Waals surface area contributed by atoms with Gasteiger partial charge in [0.05, 0.1) is 0 Å². The van der Waals surface area contributed by atoms with Crippen LogP contribution in [0.3, 0.4) is 0 Å². The molecule has 0 unspecified atom stereocenters. The Kier molecular flexibility index (Phi) is 6.89. The zero-order valence-corrected chi connectivity index (χ0v) is 16.8. The zero-order chi connectivity index (χ0) is 19.2. The minimum absolute atomic E-state index is 0.174. The minimum atomic E-state index is -0.242. The summed E-state index contributed by atoms with van der Waals surface area (Å²) >= 11 is 1.45. The molecule has 0 saturated heterocycles. The molecule has 3 nitrogen and oxygen atoms in total. The molecule has 1 heterocycles. The number of aromatic nitrogens is 1. The van der Waals surface area contributed by atoms with Crippen molar-refractivity contribution in [1.82, 2.24) is 4.98 Å². The Morgan fingerprint density at radius 1 is 1.30 bits per heavy atom. The fourth-order valence-corrected chi connectivity index (χ4v) is 4.18. The molecule has 1 fully saturated rings. The van der Waals surface area contributed by atoms with Gasteiger partial charge in [0.15, 0.2) is 0 Å². The third-order valence-corrected chi connectivity index (χ3v) is 5.88. The van der Waals surface area contributed by atoms with Crippen molar-refractivity contribution >= 4 is 17.5 Å². The number of ketones is 1. The molecule has 0 aliphatic heterocycles. The molecule has 3 rings (SSSR count). The number of pyridine rings is 1. The van der Waals surface area contributed by atoms with Crippen molar-refractivity contribution in [3.05, 3.63) is 41.8 Å². The Morgan fingerprint density at radius 3 is 2.78 bits per heavy atom. The van der Waals surface area contributed by atoms with Crippen LogP contribution in [0, 0.1) is 12.7 Å². The third kappa shape index (κ3) is 5.55. The summed E-state index contributed by atoms with van der Waals surface area (Å²) in [5.41, 5.74) is 2.64. The Morgan fingerprint density at radius 2 is 2.07 bits per heavy atom. The predicted octanol–water partition coefficient (Wildman–Crippen LogP) is 5.98. The maximum atomic E-state index is 14.6. The first-order valence-electron chi connectivity index (χ1n) is 9.58. The van der Waals surface area contributed by atoms with Gasteiger partial charge in [-0.2, -0.15) is 0 Å². The molecule has 0 spiro atoms. The van der Waals surface area contributed by atoms with Crippen molar-refractivity contribution in [1.29, 1.82) is 0 Å². The lowest BCUT2D eigenvalue weighted by Crippen LogP contribution is -2.12. The third-order valence-electron chi connectivity index (χ3n) is 4.74. The summed E-state index contributed by atoms with van der Waals surface area (Å²) in [7, 11) is 0. The van der Waals surface area contributed by atoms with E-state index in [4.69, 9.17) is 4.74 Å². The van der Waals surface area contributed by atoms with Gasteiger partial charge in [-0.3, -0.25) is 0 Å². The number of ether oxygens (including phenoxy) is 1. The van der Waals surface area contributed by atoms with Crippen molar-refractivity contribution in [3.63, 3.8) is 0 Å². The summed E-state index contributed by atoms with van der Waals surface area (Å²) in [5, 5.41) is 0. The number of benzene rings is 1. The normalized spacial score (nSPS) is 14.5. The number of hydrogen-bond acceptors (Lipinski definition) is 4. The average Bonchev–Trinajstić information content (AvgIpc) is 3.14. The van der Waals surface area contributed by atoms with E-state index < -0.39 is 0 Å². The van der Waals surface area contributed by atoms with Crippen LogP contribution in [0.4, 0.5) is 4.39 Å². The van der Waals surface area contributed by atoms with E-state index in [9.17, 15) is 9.18 Å². The fourth-order valence-electron chi connectivity index (χ4n) is 3.31. The Labute approximate surface area is 164 Å². The number of halogens is 1. The van der Waals surface area contributed by atoms with E-state index >= 15 is 0 Å². The summed E-state index contributed by atoms with van der Waals surface area (Å²) in [6, 6.07) is 7.30. The van der Waals surface area contributed by atoms with Crippen LogP contribution in [0.1, 0.15) is 51.0 Å². The monoisotopic (exact) mass is 387 g/mol. The lowest BCUT2D eigenvalue weighted by molar-refractivity contribution is -0.117. The number of hydrogen-bond donors (Lipinski definition) is 0. The van der Waals surface area contributed by atoms with Crippen LogP contribution < -0.4 is 4.74 Å². The van der Waals surface area contributed by atoms with E-state index in [1.54, 1.807) is 19.2 Å². The van der Waals surface area contributed by atoms with E-state index in [1.165, 1.54) is 24.6 Å². The van der Waals surface area contributed by atoms with Gasteiger partial charge in [0.1, 0.15) is 17.7 Å². The zero-order valence-electron chi connectivity index (χ0n) is 16.0. The van der Waals surface area contributed by atoms with Crippen LogP contribution in [0.25, 0.3) is 11.1 Å². The molecule has 27 heavy (non-hydrogen) atoms. The first-order chi connectivity index (χ1) is 13.0. The Hall–Kier alpha value is -1.88. The van der Waals surface area contributed by atoms with Gasteiger partial charge in [0.25, 0.3) is 0 Å². The van der Waals surface area contributed by atoms with Gasteiger partial charge in [-0.05, 0) is 81.0 Å². The lowest BCUT2D eigenvalue weighted by Gasteiger charge is -2.16. The van der Waals surface area contributed by atoms with Crippen LogP contribution >= 0.6 is 11.8 Å². The molecule has 0 radical (unpaired) electrons. The van der Waals surface area contributed by atoms with Crippen molar-refractivity contribution in [3.8, 4) is 17.0 Å². The molecule has 1 aromatic heterocycles. The fraction of sp³-hybridized carbons (Fsp3) is 0.455. The second kappa shape index (κ2) is 9.36. The maximum Gasteiger partial charge on any atom is 0.221 e. The van der Waals surface area contributed by atoms with Gasteiger partial charge in [0.2, 0.25) is 5.88 Å². The molecule has 1 aliphatic rings. The highest BCUT2D eigenvalue weighted by Gasteiger charge is 2.20. The molecule has 1 aromatic carbocycles. The first kappa shape index (κ1) is 19.9. The predicted molar refractivity (Wildman–Crippen MR) is 108 cm³/mol. The van der Waals surface area contributed by atoms with Gasteiger partial charge in [-0.25, -0.2) is 9.37 Å². The first-order valence-corrected chi connectivity index (χ1v) is 10.6. The molecule has 0 amide bonds. The van der Waals surface area contributed by atoms with E-state index in [0.29, 0.717) is 17.2 Å². The molecule has 2 aromatic rings. The van der Waals surface area contributed by atoms with Gasteiger partial charge in [-0.1, -0.05) is 6.07 Å². The molecule has 0 atom stereocenters. The van der Waals surface area contributed by atoms with Crippen molar-refractivity contribution in [2.24, 2.45) is 0 Å². The van der Waals surface area contributed by atoms with Gasteiger partial charge >= 0.3 is 0 Å². The van der Waals surface area contributed by atoms with Crippen molar-refractivity contribution in [2.75, 3.05) is 5.75 Å². The number of carbonyl (C=O) groups is 1. The lowest BCUT2D eigenvalue weighted by atomic mass is 10.1. The molecule has 1 aliphatic carbocycles. The summed E-state index contributed by atoms with van der Waals surface area (Å²) in [4.78, 5) is 16.1. The van der Waals surface area contributed by atoms with E-state index in [-0.39, 0.29) is 17.7 Å². The van der Waals surface area contributed by atoms with E-state index in [0.717, 1.165) is 41.7 Å². The highest BCUT2D eigenvalue weighted by Crippen LogP contribution is 2.34. The molecule has 144 valence electrons. The van der Waals surface area contributed by atoms with Crippen molar-refractivity contribution < 1.29 is 13.9 Å². The topological polar surface area (TPSA) is 39.2 Å². The Balaban J connectivity index is 1.76. The molecule has 5 heteroatoms. The summed E-state index contributed by atoms with van der Waals surface area (Å²) in [5.74, 6) is 1.26. The number of carbonyl (C=O) groups excluding carboxylic acids is 1.